The summed E-state index contributed by atoms with van der Waals surface area (Å²) in [5.41, 5.74) is 7.56. The number of halogens is 2. The molecule has 40 heavy (non-hydrogen) atoms. The Morgan fingerprint density at radius 1 is 0.725 bits per heavy atom. The molecule has 0 saturated heterocycles. The Labute approximate surface area is 263 Å². The van der Waals surface area contributed by atoms with Crippen LogP contribution >= 0.6 is 0 Å². The molecule has 3 aromatic carbocycles. The summed E-state index contributed by atoms with van der Waals surface area (Å²) in [4.78, 5) is 14.5. The minimum Gasteiger partial charge on any atom is -1.00 e. The van der Waals surface area contributed by atoms with E-state index in [4.69, 9.17) is 0 Å². The van der Waals surface area contributed by atoms with Crippen molar-refractivity contribution in [3.8, 4) is 0 Å². The second kappa shape index (κ2) is 15.0. The van der Waals surface area contributed by atoms with Crippen molar-refractivity contribution in [2.75, 3.05) is 0 Å². The Balaban J connectivity index is 0.00000280. The molecule has 1 unspecified atom stereocenters. The van der Waals surface area contributed by atoms with Crippen molar-refractivity contribution in [1.29, 1.82) is 0 Å². The number of benzene rings is 3. The van der Waals surface area contributed by atoms with Crippen LogP contribution < -0.4 is 38.5 Å². The predicted octanol–water partition coefficient (Wildman–Crippen LogP) is 1.00. The van der Waals surface area contributed by atoms with E-state index < -0.39 is 26.9 Å². The van der Waals surface area contributed by atoms with Gasteiger partial charge in [-0.05, 0) is 0 Å². The maximum absolute atomic E-state index is 14.5. The topological polar surface area (TPSA) is 29.1 Å². The van der Waals surface area contributed by atoms with E-state index in [1.54, 1.807) is 3.33 Å². The van der Waals surface area contributed by atoms with Crippen LogP contribution in [0.1, 0.15) is 88.7 Å². The molecule has 0 spiro atoms. The fraction of sp³-hybridized carbons (Fsp3) is 0.324. The van der Waals surface area contributed by atoms with Gasteiger partial charge in [-0.3, -0.25) is 0 Å². The van der Waals surface area contributed by atoms with Crippen molar-refractivity contribution >= 4 is 22.3 Å². The van der Waals surface area contributed by atoms with E-state index in [1.165, 1.54) is 27.1 Å². The van der Waals surface area contributed by atoms with Crippen LogP contribution in [0.25, 0.3) is 0 Å². The van der Waals surface area contributed by atoms with Crippen LogP contribution in [0, 0.1) is 5.92 Å². The first-order chi connectivity index (χ1) is 18.1. The van der Waals surface area contributed by atoms with Crippen molar-refractivity contribution < 1.29 is 50.5 Å². The second-order valence-corrected chi connectivity index (χ2v) is 30.3. The predicted molar refractivity (Wildman–Crippen MR) is 162 cm³/mol. The van der Waals surface area contributed by atoms with Gasteiger partial charge in [-0.15, -0.1) is 0 Å². The van der Waals surface area contributed by atoms with E-state index in [0.29, 0.717) is 5.92 Å². The first-order valence-corrected chi connectivity index (χ1v) is 25.5. The summed E-state index contributed by atoms with van der Waals surface area (Å²) >= 11 is -3.04. The molecule has 2 nitrogen and oxygen atoms in total. The molecule has 4 rings (SSSR count). The van der Waals surface area contributed by atoms with Gasteiger partial charge in [0.2, 0.25) is 0 Å². The normalized spacial score (nSPS) is 14.9. The van der Waals surface area contributed by atoms with Gasteiger partial charge in [-0.1, -0.05) is 0 Å². The van der Waals surface area contributed by atoms with E-state index >= 15 is 0 Å². The summed E-state index contributed by atoms with van der Waals surface area (Å²) in [7, 11) is 0. The molecular weight excluding hydrogens is 716 g/mol. The van der Waals surface area contributed by atoms with Crippen molar-refractivity contribution in [3.63, 3.8) is 0 Å². The standard InChI is InChI=1S/C13H19NO.C12H11Si.C9H13.2ClH.Hf/c1-8(2)10-6-5-7-11(9(3)4)12(10)13(14)15;1-3-7-11(8-4-1)13-12-9-5-2-6-10-12;1-6-5-7(2)9(4)8(6)3;;;/h5-9H,1-4H3,(H2,14,15);1-10,13H;6H,1-4H3;2*1H;/q;;;;;+3/p-3. The quantitative estimate of drug-likeness (QED) is 0.342. The summed E-state index contributed by atoms with van der Waals surface area (Å²) < 4.78 is 5.51. The number of hydrogen-bond acceptors (Lipinski definition) is 1. The monoisotopic (exact) mass is 758 g/mol. The van der Waals surface area contributed by atoms with E-state index in [2.05, 4.69) is 138 Å². The number of allylic oxidation sites excluding steroid dienone is 4. The Morgan fingerprint density at radius 3 is 1.55 bits per heavy atom. The van der Waals surface area contributed by atoms with Gasteiger partial charge in [-0.2, -0.15) is 0 Å². The first kappa shape index (κ1) is 34.5. The van der Waals surface area contributed by atoms with Gasteiger partial charge in [0, 0.05) is 0 Å². The van der Waals surface area contributed by atoms with Crippen LogP contribution in [-0.4, -0.2) is 11.9 Å². The molecule has 0 aliphatic heterocycles. The Bertz CT molecular complexity index is 1300. The molecule has 3 aromatic rings. The van der Waals surface area contributed by atoms with Gasteiger partial charge in [0.15, 0.2) is 0 Å². The molecule has 0 fully saturated rings. The summed E-state index contributed by atoms with van der Waals surface area (Å²) in [5.74, 6) is -0.590. The molecular formula is C34H42Cl2HfNOSi. The van der Waals surface area contributed by atoms with Crippen LogP contribution in [-0.2, 0) is 20.9 Å². The smallest absolute Gasteiger partial charge is 1.00 e. The number of rotatable bonds is 8. The zero-order chi connectivity index (χ0) is 27.6. The average molecular weight is 758 g/mol. The Hall–Kier alpha value is -1.72. The minimum absolute atomic E-state index is 0. The van der Waals surface area contributed by atoms with Gasteiger partial charge < -0.3 is 24.8 Å². The number of carbonyl (C=O) groups is 1. The summed E-state index contributed by atoms with van der Waals surface area (Å²) in [6.07, 6.45) is 0. The van der Waals surface area contributed by atoms with E-state index in [-0.39, 0.29) is 42.6 Å². The minimum atomic E-state index is -3.04. The molecule has 0 aromatic heterocycles. The molecule has 1 amide bonds. The van der Waals surface area contributed by atoms with Gasteiger partial charge in [-0.25, -0.2) is 0 Å². The number of hydrogen-bond donors (Lipinski definition) is 1. The molecule has 211 valence electrons. The number of nitrogens with one attached hydrogen (secondary N) is 1. The SMILES string of the molecule is CC1=C(C)C(C)[C]([Hf+2]([NH]C(=O)c2c(C(C)C)cccc2C(C)C)[SiH](c2ccccc2)c2ccccc2)=C1C.[Cl-].[Cl-]. The average Bonchev–Trinajstić information content (AvgIpc) is 3.11. The van der Waals surface area contributed by atoms with Crippen molar-refractivity contribution in [2.45, 2.75) is 67.2 Å². The summed E-state index contributed by atoms with van der Waals surface area (Å²) in [5, 5.41) is 2.88. The van der Waals surface area contributed by atoms with Crippen LogP contribution in [0.4, 0.5) is 0 Å². The van der Waals surface area contributed by atoms with Gasteiger partial charge in [0.05, 0.1) is 0 Å². The molecule has 0 heterocycles. The zero-order valence-corrected chi connectivity index (χ0v) is 31.2. The number of amides is 1. The van der Waals surface area contributed by atoms with Crippen molar-refractivity contribution in [1.82, 2.24) is 3.30 Å². The largest absolute Gasteiger partial charge is 1.00 e. The number of carbonyl (C=O) groups excluding carboxylic acids is 1. The Kier molecular flexibility index (Phi) is 12.9. The Morgan fingerprint density at radius 2 is 1.18 bits per heavy atom. The molecule has 1 aliphatic carbocycles. The third kappa shape index (κ3) is 7.01. The molecule has 0 radical (unpaired) electrons. The molecule has 0 saturated carbocycles. The third-order valence-electron chi connectivity index (χ3n) is 8.33. The van der Waals surface area contributed by atoms with Crippen molar-refractivity contribution in [3.05, 3.63) is 116 Å². The van der Waals surface area contributed by atoms with E-state index in [0.717, 1.165) is 16.7 Å². The van der Waals surface area contributed by atoms with E-state index in [9.17, 15) is 4.79 Å². The maximum atomic E-state index is 14.5. The fourth-order valence-corrected chi connectivity index (χ4v) is 36.2. The van der Waals surface area contributed by atoms with Crippen LogP contribution in [0.2, 0.25) is 0 Å². The molecule has 1 N–H and O–H groups in total. The van der Waals surface area contributed by atoms with Crippen LogP contribution in [0.3, 0.4) is 0 Å². The summed E-state index contributed by atoms with van der Waals surface area (Å²) in [6, 6.07) is 28.6. The van der Waals surface area contributed by atoms with Crippen molar-refractivity contribution in [2.24, 2.45) is 5.92 Å². The van der Waals surface area contributed by atoms with Gasteiger partial charge in [0.25, 0.3) is 0 Å². The second-order valence-electron chi connectivity index (χ2n) is 11.3. The third-order valence-corrected chi connectivity index (χ3v) is 34.9. The molecule has 0 bridgehead atoms. The fourth-order valence-electron chi connectivity index (χ4n) is 5.91. The van der Waals surface area contributed by atoms with Crippen LogP contribution in [0.15, 0.2) is 98.9 Å². The maximum Gasteiger partial charge on any atom is -1.00 e. The molecule has 1 atom stereocenters. The zero-order valence-electron chi connectivity index (χ0n) is 25.0. The molecule has 1 aliphatic rings. The molecule has 6 heteroatoms. The first-order valence-electron chi connectivity index (χ1n) is 13.9. The van der Waals surface area contributed by atoms with E-state index in [1.807, 2.05) is 0 Å². The summed E-state index contributed by atoms with van der Waals surface area (Å²) in [6.45, 7) is 18.0. The van der Waals surface area contributed by atoms with Gasteiger partial charge in [0.1, 0.15) is 0 Å². The van der Waals surface area contributed by atoms with Crippen LogP contribution in [0.5, 0.6) is 0 Å². The van der Waals surface area contributed by atoms with Gasteiger partial charge >= 0.3 is 240 Å².